The molecule has 30 heavy (non-hydrogen) atoms. The van der Waals surface area contributed by atoms with E-state index in [-0.39, 0.29) is 28.2 Å². The van der Waals surface area contributed by atoms with Gasteiger partial charge in [-0.25, -0.2) is 13.8 Å². The maximum atomic E-state index is 13.0. The summed E-state index contributed by atoms with van der Waals surface area (Å²) in [6, 6.07) is 0. The summed E-state index contributed by atoms with van der Waals surface area (Å²) in [5.41, 5.74) is 4.84. The van der Waals surface area contributed by atoms with E-state index in [1.165, 1.54) is 15.4 Å². The van der Waals surface area contributed by atoms with Crippen molar-refractivity contribution < 1.29 is 13.2 Å². The van der Waals surface area contributed by atoms with E-state index in [4.69, 9.17) is 0 Å². The predicted molar refractivity (Wildman–Crippen MR) is 117 cm³/mol. The molecule has 168 valence electrons. The van der Waals surface area contributed by atoms with Crippen molar-refractivity contribution in [1.29, 1.82) is 0 Å². The number of aromatic nitrogens is 2. The van der Waals surface area contributed by atoms with Crippen molar-refractivity contribution in [3.8, 4) is 0 Å². The average Bonchev–Trinajstić information content (AvgIpc) is 3.14. The Balaban J connectivity index is 1.76. The molecule has 2 aliphatic carbocycles. The fraction of sp³-hybridized carbons (Fsp3) is 0.762. The van der Waals surface area contributed by atoms with Gasteiger partial charge in [-0.15, -0.1) is 0 Å². The number of sulfonamides is 1. The smallest absolute Gasteiger partial charge is 0.261 e. The molecule has 8 nitrogen and oxygen atoms in total. The van der Waals surface area contributed by atoms with Gasteiger partial charge < -0.3 is 0 Å². The third kappa shape index (κ3) is 3.39. The summed E-state index contributed by atoms with van der Waals surface area (Å²) in [7, 11) is -3.64. The zero-order valence-electron chi connectivity index (χ0n) is 19.2. The van der Waals surface area contributed by atoms with E-state index in [1.807, 2.05) is 0 Å². The number of amides is 1. The highest BCUT2D eigenvalue weighted by molar-refractivity contribution is 7.89. The van der Waals surface area contributed by atoms with E-state index in [9.17, 15) is 13.2 Å². The fourth-order valence-electron chi connectivity index (χ4n) is 5.30. The van der Waals surface area contributed by atoms with Crippen molar-refractivity contribution in [1.82, 2.24) is 19.5 Å². The number of rotatable bonds is 7. The first kappa shape index (κ1) is 22.9. The largest absolute Gasteiger partial charge is 0.271 e. The second-order valence-corrected chi connectivity index (χ2v) is 11.2. The molecule has 1 N–H and O–H groups in total. The van der Waals surface area contributed by atoms with Gasteiger partial charge in [-0.05, 0) is 44.4 Å². The summed E-state index contributed by atoms with van der Waals surface area (Å²) >= 11 is 0. The molecule has 2 atom stereocenters. The molecule has 2 aliphatic rings. The number of carbonyl (C=O) groups excluding carboxylic acids is 1. The van der Waals surface area contributed by atoms with E-state index in [0.717, 1.165) is 18.6 Å². The lowest BCUT2D eigenvalue weighted by Crippen LogP contribution is -2.34. The summed E-state index contributed by atoms with van der Waals surface area (Å²) in [6.07, 6.45) is 3.24. The van der Waals surface area contributed by atoms with E-state index >= 15 is 0 Å². The van der Waals surface area contributed by atoms with Crippen LogP contribution in [0.1, 0.15) is 65.3 Å². The van der Waals surface area contributed by atoms with Crippen molar-refractivity contribution in [2.75, 3.05) is 13.1 Å². The second kappa shape index (κ2) is 7.75. The molecule has 1 amide bonds. The molecule has 2 fully saturated rings. The molecule has 1 heterocycles. The number of nitrogens with one attached hydrogen (secondary N) is 1. The number of hydrogen-bond acceptors (Lipinski definition) is 5. The van der Waals surface area contributed by atoms with Gasteiger partial charge in [-0.2, -0.15) is 14.5 Å². The van der Waals surface area contributed by atoms with Crippen LogP contribution in [0, 0.1) is 30.6 Å². The Hall–Kier alpha value is -1.74. The molecule has 0 saturated heterocycles. The normalized spacial score (nSPS) is 26.7. The number of aryl methyl sites for hydroxylation is 1. The highest BCUT2D eigenvalue weighted by atomic mass is 32.2. The van der Waals surface area contributed by atoms with Crippen LogP contribution in [0.2, 0.25) is 0 Å². The van der Waals surface area contributed by atoms with Crippen LogP contribution < -0.4 is 5.43 Å². The van der Waals surface area contributed by atoms with Gasteiger partial charge in [0.25, 0.3) is 5.91 Å². The minimum Gasteiger partial charge on any atom is -0.271 e. The Morgan fingerprint density at radius 2 is 1.90 bits per heavy atom. The van der Waals surface area contributed by atoms with Gasteiger partial charge in [0.1, 0.15) is 11.4 Å². The first-order valence-electron chi connectivity index (χ1n) is 10.8. The molecule has 2 unspecified atom stereocenters. The molecular weight excluding hydrogens is 402 g/mol. The van der Waals surface area contributed by atoms with Crippen LogP contribution in [0.3, 0.4) is 0 Å². The lowest BCUT2D eigenvalue weighted by molar-refractivity contribution is -0.121. The van der Waals surface area contributed by atoms with Crippen molar-refractivity contribution in [2.45, 2.75) is 79.2 Å². The Morgan fingerprint density at radius 1 is 1.27 bits per heavy atom. The van der Waals surface area contributed by atoms with Crippen LogP contribution in [0.25, 0.3) is 0 Å². The van der Waals surface area contributed by atoms with Crippen molar-refractivity contribution in [2.24, 2.45) is 21.8 Å². The van der Waals surface area contributed by atoms with Gasteiger partial charge in [0.15, 0.2) is 0 Å². The van der Waals surface area contributed by atoms with E-state index < -0.39 is 10.0 Å². The summed E-state index contributed by atoms with van der Waals surface area (Å²) in [4.78, 5) is 12.8. The third-order valence-corrected chi connectivity index (χ3v) is 10.0. The number of hydrazone groups is 1. The zero-order chi connectivity index (χ0) is 22.5. The van der Waals surface area contributed by atoms with Gasteiger partial charge in [0.05, 0.1) is 11.4 Å². The monoisotopic (exact) mass is 437 g/mol. The predicted octanol–water partition coefficient (Wildman–Crippen LogP) is 2.85. The minimum atomic E-state index is -3.64. The van der Waals surface area contributed by atoms with Crippen molar-refractivity contribution in [3.05, 3.63) is 11.4 Å². The molecule has 2 bridgehead atoms. The van der Waals surface area contributed by atoms with Gasteiger partial charge in [0, 0.05) is 24.2 Å². The highest BCUT2D eigenvalue weighted by Gasteiger charge is 2.60. The molecule has 2 saturated carbocycles. The number of nitrogens with zero attached hydrogens (tertiary/aromatic N) is 4. The maximum absolute atomic E-state index is 13.0. The number of carbonyl (C=O) groups is 1. The van der Waals surface area contributed by atoms with Crippen molar-refractivity contribution >= 4 is 21.6 Å². The van der Waals surface area contributed by atoms with Gasteiger partial charge in [-0.3, -0.25) is 9.48 Å². The van der Waals surface area contributed by atoms with Crippen LogP contribution >= 0.6 is 0 Å². The van der Waals surface area contributed by atoms with Gasteiger partial charge >= 0.3 is 0 Å². The lowest BCUT2D eigenvalue weighted by Gasteiger charge is -2.34. The van der Waals surface area contributed by atoms with Crippen LogP contribution in [-0.4, -0.2) is 47.2 Å². The zero-order valence-corrected chi connectivity index (χ0v) is 20.1. The molecule has 9 heteroatoms. The minimum absolute atomic E-state index is 0.0220. The SMILES string of the molecule is CCN(CC)S(=O)(=O)c1c(C)nn(CC(=O)N/N=C2\CC3CCC2(C)C3(C)C)c1C. The molecule has 0 radical (unpaired) electrons. The molecular formula is C21H35N5O3S. The second-order valence-electron chi connectivity index (χ2n) is 9.33. The molecule has 0 aliphatic heterocycles. The van der Waals surface area contributed by atoms with E-state index in [1.54, 1.807) is 27.7 Å². The summed E-state index contributed by atoms with van der Waals surface area (Å²) in [6.45, 7) is 14.5. The first-order valence-corrected chi connectivity index (χ1v) is 12.2. The van der Waals surface area contributed by atoms with Gasteiger partial charge in [-0.1, -0.05) is 34.6 Å². The lowest BCUT2D eigenvalue weighted by atomic mass is 9.70. The fourth-order valence-corrected chi connectivity index (χ4v) is 7.13. The number of fused-ring (bicyclic) bond motifs is 2. The standard InChI is InChI=1S/C21H35N5O3S/c1-8-25(9-2)30(28,29)19-14(3)24-26(15(19)4)13-18(27)23-22-17-12-16-10-11-21(17,7)20(16,5)6/h16H,8-13H2,1-7H3,(H,23,27)/b22-17+. The molecule has 3 rings (SSSR count). The Bertz CT molecular complexity index is 975. The van der Waals surface area contributed by atoms with Crippen LogP contribution in [0.4, 0.5) is 0 Å². The van der Waals surface area contributed by atoms with Crippen LogP contribution in [0.15, 0.2) is 10.00 Å². The molecule has 0 spiro atoms. The van der Waals surface area contributed by atoms with E-state index in [0.29, 0.717) is 30.4 Å². The average molecular weight is 438 g/mol. The third-order valence-electron chi connectivity index (χ3n) is 7.74. The topological polar surface area (TPSA) is 96.7 Å². The highest BCUT2D eigenvalue weighted by Crippen LogP contribution is 2.63. The Kier molecular flexibility index (Phi) is 5.92. The Morgan fingerprint density at radius 3 is 2.40 bits per heavy atom. The molecule has 1 aromatic heterocycles. The first-order chi connectivity index (χ1) is 13.9. The van der Waals surface area contributed by atoms with Crippen LogP contribution in [0.5, 0.6) is 0 Å². The van der Waals surface area contributed by atoms with Crippen LogP contribution in [-0.2, 0) is 21.4 Å². The summed E-state index contributed by atoms with van der Waals surface area (Å²) < 4.78 is 28.8. The molecule has 0 aromatic carbocycles. The van der Waals surface area contributed by atoms with E-state index in [2.05, 4.69) is 36.4 Å². The van der Waals surface area contributed by atoms with Crippen molar-refractivity contribution in [3.63, 3.8) is 0 Å². The quantitative estimate of drug-likeness (QED) is 0.663. The number of hydrogen-bond donors (Lipinski definition) is 1. The molecule has 1 aromatic rings. The summed E-state index contributed by atoms with van der Waals surface area (Å²) in [5, 5.41) is 8.80. The Labute approximate surface area is 180 Å². The van der Waals surface area contributed by atoms with Gasteiger partial charge in [0.2, 0.25) is 10.0 Å². The maximum Gasteiger partial charge on any atom is 0.261 e. The summed E-state index contributed by atoms with van der Waals surface area (Å²) in [5.74, 6) is 0.311.